The number of rotatable bonds is 6. The SMILES string of the molecule is CCCCOc1ccc(C(=O)N=c2sc3cc(C(=O)OC)ccc3n2C)cc1. The van der Waals surface area contributed by atoms with Gasteiger partial charge < -0.3 is 14.0 Å². The Bertz CT molecular complexity index is 1060. The van der Waals surface area contributed by atoms with Crippen molar-refractivity contribution < 1.29 is 19.1 Å². The first-order chi connectivity index (χ1) is 13.5. The molecule has 0 saturated carbocycles. The normalized spacial score (nSPS) is 11.6. The third kappa shape index (κ3) is 4.31. The molecular formula is C21H22N2O4S. The summed E-state index contributed by atoms with van der Waals surface area (Å²) in [5.41, 5.74) is 1.85. The van der Waals surface area contributed by atoms with Gasteiger partial charge in [-0.1, -0.05) is 24.7 Å². The standard InChI is InChI=1S/C21H22N2O4S/c1-4-5-12-27-16-9-6-14(7-10-16)19(24)22-21-23(2)17-11-8-15(20(25)26-3)13-18(17)28-21/h6-11,13H,4-5,12H2,1-3H3. The highest BCUT2D eigenvalue weighted by atomic mass is 32.1. The van der Waals surface area contributed by atoms with E-state index < -0.39 is 5.97 Å². The molecule has 0 aliphatic carbocycles. The molecular weight excluding hydrogens is 376 g/mol. The predicted octanol–water partition coefficient (Wildman–Crippen LogP) is 3.95. The van der Waals surface area contributed by atoms with E-state index in [0.717, 1.165) is 28.8 Å². The second-order valence-corrected chi connectivity index (χ2v) is 7.27. The number of thiazole rings is 1. The van der Waals surface area contributed by atoms with E-state index in [2.05, 4.69) is 11.9 Å². The topological polar surface area (TPSA) is 69.9 Å². The maximum atomic E-state index is 12.5. The zero-order chi connectivity index (χ0) is 20.1. The molecule has 0 radical (unpaired) electrons. The van der Waals surface area contributed by atoms with Crippen molar-refractivity contribution >= 4 is 33.4 Å². The lowest BCUT2D eigenvalue weighted by Crippen LogP contribution is -2.13. The number of ether oxygens (including phenoxy) is 2. The van der Waals surface area contributed by atoms with Gasteiger partial charge >= 0.3 is 5.97 Å². The molecule has 1 heterocycles. The van der Waals surface area contributed by atoms with Crippen LogP contribution in [-0.2, 0) is 11.8 Å². The molecule has 3 rings (SSSR count). The van der Waals surface area contributed by atoms with Crippen molar-refractivity contribution in [2.45, 2.75) is 19.8 Å². The summed E-state index contributed by atoms with van der Waals surface area (Å²) in [7, 11) is 3.19. The summed E-state index contributed by atoms with van der Waals surface area (Å²) in [6, 6.07) is 12.3. The minimum absolute atomic E-state index is 0.324. The lowest BCUT2D eigenvalue weighted by Gasteiger charge is -2.05. The third-order valence-corrected chi connectivity index (χ3v) is 5.39. The maximum absolute atomic E-state index is 12.5. The van der Waals surface area contributed by atoms with Crippen LogP contribution in [0.4, 0.5) is 0 Å². The van der Waals surface area contributed by atoms with Gasteiger partial charge in [0.05, 0.1) is 29.5 Å². The first-order valence-electron chi connectivity index (χ1n) is 9.03. The summed E-state index contributed by atoms with van der Waals surface area (Å²) in [4.78, 5) is 29.1. The Morgan fingerprint density at radius 1 is 1.11 bits per heavy atom. The number of methoxy groups -OCH3 is 1. The third-order valence-electron chi connectivity index (χ3n) is 4.30. The maximum Gasteiger partial charge on any atom is 0.337 e. The van der Waals surface area contributed by atoms with Crippen molar-refractivity contribution in [3.63, 3.8) is 0 Å². The van der Waals surface area contributed by atoms with Gasteiger partial charge in [-0.25, -0.2) is 4.79 Å². The van der Waals surface area contributed by atoms with Crippen LogP contribution in [0, 0.1) is 0 Å². The molecule has 2 aromatic carbocycles. The van der Waals surface area contributed by atoms with Crippen LogP contribution in [0.3, 0.4) is 0 Å². The van der Waals surface area contributed by atoms with Crippen molar-refractivity contribution in [2.75, 3.05) is 13.7 Å². The fourth-order valence-corrected chi connectivity index (χ4v) is 3.72. The molecule has 146 valence electrons. The monoisotopic (exact) mass is 398 g/mol. The molecule has 0 aliphatic rings. The van der Waals surface area contributed by atoms with E-state index in [0.29, 0.717) is 22.5 Å². The van der Waals surface area contributed by atoms with Gasteiger partial charge in [0, 0.05) is 12.6 Å². The molecule has 0 saturated heterocycles. The van der Waals surface area contributed by atoms with Gasteiger partial charge in [-0.3, -0.25) is 4.79 Å². The van der Waals surface area contributed by atoms with Crippen LogP contribution >= 0.6 is 11.3 Å². The molecule has 0 N–H and O–H groups in total. The summed E-state index contributed by atoms with van der Waals surface area (Å²) in [6.45, 7) is 2.77. The number of amides is 1. The second kappa shape index (κ2) is 8.84. The van der Waals surface area contributed by atoms with Crippen molar-refractivity contribution in [3.05, 3.63) is 58.4 Å². The zero-order valence-corrected chi connectivity index (χ0v) is 16.9. The number of carbonyl (C=O) groups excluding carboxylic acids is 2. The first-order valence-corrected chi connectivity index (χ1v) is 9.85. The average Bonchev–Trinajstić information content (AvgIpc) is 3.02. The van der Waals surface area contributed by atoms with Gasteiger partial charge in [0.1, 0.15) is 5.75 Å². The molecule has 1 amide bonds. The molecule has 28 heavy (non-hydrogen) atoms. The molecule has 1 aromatic heterocycles. The Morgan fingerprint density at radius 2 is 1.82 bits per heavy atom. The molecule has 0 bridgehead atoms. The van der Waals surface area contributed by atoms with E-state index in [1.807, 2.05) is 17.7 Å². The van der Waals surface area contributed by atoms with Gasteiger partial charge in [-0.05, 0) is 48.9 Å². The summed E-state index contributed by atoms with van der Waals surface area (Å²) >= 11 is 1.35. The van der Waals surface area contributed by atoms with Crippen LogP contribution in [0.5, 0.6) is 5.75 Å². The number of nitrogens with zero attached hydrogens (tertiary/aromatic N) is 2. The van der Waals surface area contributed by atoms with E-state index >= 15 is 0 Å². The van der Waals surface area contributed by atoms with Crippen molar-refractivity contribution in [2.24, 2.45) is 12.0 Å². The summed E-state index contributed by atoms with van der Waals surface area (Å²) < 4.78 is 13.1. The number of benzene rings is 2. The summed E-state index contributed by atoms with van der Waals surface area (Å²) in [5.74, 6) is 0.0250. The van der Waals surface area contributed by atoms with Crippen LogP contribution in [0.25, 0.3) is 10.2 Å². The Labute approximate surface area is 167 Å². The Hall–Kier alpha value is -2.93. The highest BCUT2D eigenvalue weighted by Gasteiger charge is 2.11. The minimum Gasteiger partial charge on any atom is -0.494 e. The Balaban J connectivity index is 1.86. The van der Waals surface area contributed by atoms with E-state index in [4.69, 9.17) is 9.47 Å². The number of hydrogen-bond donors (Lipinski definition) is 0. The van der Waals surface area contributed by atoms with Crippen molar-refractivity contribution in [1.82, 2.24) is 4.57 Å². The summed E-state index contributed by atoms with van der Waals surface area (Å²) in [5, 5.41) is 0. The number of hydrogen-bond acceptors (Lipinski definition) is 5. The molecule has 0 unspecified atom stereocenters. The smallest absolute Gasteiger partial charge is 0.337 e. The van der Waals surface area contributed by atoms with Crippen LogP contribution < -0.4 is 9.54 Å². The van der Waals surface area contributed by atoms with Crippen LogP contribution in [0.15, 0.2) is 47.5 Å². The Morgan fingerprint density at radius 3 is 2.50 bits per heavy atom. The number of esters is 1. The van der Waals surface area contributed by atoms with E-state index in [1.54, 1.807) is 36.4 Å². The van der Waals surface area contributed by atoms with E-state index in [9.17, 15) is 9.59 Å². The number of fused-ring (bicyclic) bond motifs is 1. The van der Waals surface area contributed by atoms with Crippen LogP contribution in [0.2, 0.25) is 0 Å². The average molecular weight is 398 g/mol. The minimum atomic E-state index is -0.395. The van der Waals surface area contributed by atoms with E-state index in [-0.39, 0.29) is 5.91 Å². The molecule has 7 heteroatoms. The molecule has 3 aromatic rings. The number of carbonyl (C=O) groups is 2. The lowest BCUT2D eigenvalue weighted by molar-refractivity contribution is 0.0601. The van der Waals surface area contributed by atoms with Gasteiger partial charge in [-0.15, -0.1) is 0 Å². The predicted molar refractivity (Wildman–Crippen MR) is 109 cm³/mol. The summed E-state index contributed by atoms with van der Waals surface area (Å²) in [6.07, 6.45) is 2.07. The Kier molecular flexibility index (Phi) is 6.26. The quantitative estimate of drug-likeness (QED) is 0.466. The highest BCUT2D eigenvalue weighted by molar-refractivity contribution is 7.16. The van der Waals surface area contributed by atoms with Gasteiger partial charge in [0.2, 0.25) is 0 Å². The number of aryl methyl sites for hydroxylation is 1. The van der Waals surface area contributed by atoms with Crippen molar-refractivity contribution in [1.29, 1.82) is 0 Å². The first kappa shape index (κ1) is 19.8. The molecule has 0 aliphatic heterocycles. The van der Waals surface area contributed by atoms with Gasteiger partial charge in [0.15, 0.2) is 4.80 Å². The molecule has 0 atom stereocenters. The van der Waals surface area contributed by atoms with Crippen molar-refractivity contribution in [3.8, 4) is 5.75 Å². The fraction of sp³-hybridized carbons (Fsp3) is 0.286. The zero-order valence-electron chi connectivity index (χ0n) is 16.1. The highest BCUT2D eigenvalue weighted by Crippen LogP contribution is 2.19. The van der Waals surface area contributed by atoms with Crippen LogP contribution in [0.1, 0.15) is 40.5 Å². The van der Waals surface area contributed by atoms with Gasteiger partial charge in [-0.2, -0.15) is 4.99 Å². The van der Waals surface area contributed by atoms with Crippen LogP contribution in [-0.4, -0.2) is 30.2 Å². The number of aromatic nitrogens is 1. The molecule has 0 spiro atoms. The number of unbranched alkanes of at least 4 members (excludes halogenated alkanes) is 1. The van der Waals surface area contributed by atoms with E-state index in [1.165, 1.54) is 18.4 Å². The van der Waals surface area contributed by atoms with Gasteiger partial charge in [0.25, 0.3) is 5.91 Å². The lowest BCUT2D eigenvalue weighted by atomic mass is 10.2. The molecule has 6 nitrogen and oxygen atoms in total. The fourth-order valence-electron chi connectivity index (χ4n) is 2.66. The largest absolute Gasteiger partial charge is 0.494 e. The second-order valence-electron chi connectivity index (χ2n) is 6.26. The molecule has 0 fully saturated rings.